The third-order valence-corrected chi connectivity index (χ3v) is 3.98. The molecular weight excluding hydrogens is 256 g/mol. The molecule has 0 saturated carbocycles. The predicted molar refractivity (Wildman–Crippen MR) is 76.1 cm³/mol. The van der Waals surface area contributed by atoms with Gasteiger partial charge in [-0.25, -0.2) is 4.79 Å². The molecule has 5 nitrogen and oxygen atoms in total. The molecule has 0 radical (unpaired) electrons. The second-order valence-electron chi connectivity index (χ2n) is 5.04. The number of carbonyl (C=O) groups excluding carboxylic acids is 1. The van der Waals surface area contributed by atoms with Crippen LogP contribution in [0.5, 0.6) is 5.75 Å². The lowest BCUT2D eigenvalue weighted by atomic mass is 10.0. The van der Waals surface area contributed by atoms with E-state index in [-0.39, 0.29) is 6.09 Å². The zero-order valence-electron chi connectivity index (χ0n) is 11.9. The number of methoxy groups -OCH3 is 2. The fraction of sp³-hybridized carbons (Fsp3) is 0.400. The van der Waals surface area contributed by atoms with E-state index in [0.717, 1.165) is 28.9 Å². The maximum absolute atomic E-state index is 11.9. The fourth-order valence-corrected chi connectivity index (χ4v) is 3.00. The maximum Gasteiger partial charge on any atom is 0.409 e. The van der Waals surface area contributed by atoms with Crippen molar-refractivity contribution in [2.24, 2.45) is 0 Å². The second kappa shape index (κ2) is 4.74. The molecule has 1 aliphatic rings. The van der Waals surface area contributed by atoms with Crippen LogP contribution in [0, 0.1) is 6.92 Å². The fourth-order valence-electron chi connectivity index (χ4n) is 3.00. The van der Waals surface area contributed by atoms with Crippen LogP contribution in [-0.2, 0) is 17.7 Å². The predicted octanol–water partition coefficient (Wildman–Crippen LogP) is 2.61. The Morgan fingerprint density at radius 2 is 2.10 bits per heavy atom. The van der Waals surface area contributed by atoms with Crippen LogP contribution in [0.25, 0.3) is 10.9 Å². The van der Waals surface area contributed by atoms with Crippen molar-refractivity contribution in [1.29, 1.82) is 0 Å². The Labute approximate surface area is 117 Å². The summed E-state index contributed by atoms with van der Waals surface area (Å²) in [6.07, 6.45) is 0.525. The van der Waals surface area contributed by atoms with Gasteiger partial charge in [-0.1, -0.05) is 0 Å². The summed E-state index contributed by atoms with van der Waals surface area (Å²) in [5.41, 5.74) is 4.56. The zero-order chi connectivity index (χ0) is 14.3. The van der Waals surface area contributed by atoms with E-state index >= 15 is 0 Å². The first-order valence-electron chi connectivity index (χ1n) is 6.65. The Balaban J connectivity index is 2.19. The molecule has 0 atom stereocenters. The first-order chi connectivity index (χ1) is 9.65. The molecule has 1 amide bonds. The highest BCUT2D eigenvalue weighted by atomic mass is 16.5. The largest absolute Gasteiger partial charge is 0.496 e. The molecule has 2 heterocycles. The summed E-state index contributed by atoms with van der Waals surface area (Å²) in [5.74, 6) is 0.813. The van der Waals surface area contributed by atoms with Crippen LogP contribution in [0.15, 0.2) is 12.1 Å². The number of ether oxygens (including phenoxy) is 2. The number of carbonyl (C=O) groups is 1. The Morgan fingerprint density at radius 3 is 2.80 bits per heavy atom. The van der Waals surface area contributed by atoms with Gasteiger partial charge >= 0.3 is 6.09 Å². The number of rotatable bonds is 1. The molecule has 1 aromatic carbocycles. The van der Waals surface area contributed by atoms with Gasteiger partial charge in [0.25, 0.3) is 0 Å². The summed E-state index contributed by atoms with van der Waals surface area (Å²) in [6, 6.07) is 3.97. The van der Waals surface area contributed by atoms with Crippen molar-refractivity contribution < 1.29 is 14.3 Å². The topological polar surface area (TPSA) is 54.6 Å². The highest BCUT2D eigenvalue weighted by molar-refractivity contribution is 5.90. The van der Waals surface area contributed by atoms with Gasteiger partial charge in [0.05, 0.1) is 20.8 Å². The maximum atomic E-state index is 11.9. The van der Waals surface area contributed by atoms with Crippen LogP contribution in [0.4, 0.5) is 4.79 Å². The van der Waals surface area contributed by atoms with Crippen LogP contribution in [0.2, 0.25) is 0 Å². The van der Waals surface area contributed by atoms with Crippen molar-refractivity contribution in [2.75, 3.05) is 20.8 Å². The van der Waals surface area contributed by atoms with E-state index in [1.807, 2.05) is 12.1 Å². The van der Waals surface area contributed by atoms with Gasteiger partial charge < -0.3 is 19.4 Å². The van der Waals surface area contributed by atoms with Crippen LogP contribution < -0.4 is 4.74 Å². The minimum atomic E-state index is -0.296. The van der Waals surface area contributed by atoms with E-state index in [0.29, 0.717) is 13.1 Å². The van der Waals surface area contributed by atoms with Crippen molar-refractivity contribution in [3.05, 3.63) is 29.0 Å². The van der Waals surface area contributed by atoms with Gasteiger partial charge in [0.1, 0.15) is 5.75 Å². The van der Waals surface area contributed by atoms with Gasteiger partial charge in [-0.05, 0) is 31.0 Å². The Bertz CT molecular complexity index is 675. The first-order valence-corrected chi connectivity index (χ1v) is 6.65. The Kier molecular flexibility index (Phi) is 3.04. The normalized spacial score (nSPS) is 14.2. The minimum Gasteiger partial charge on any atom is -0.496 e. The monoisotopic (exact) mass is 274 g/mol. The number of aryl methyl sites for hydroxylation is 1. The third-order valence-electron chi connectivity index (χ3n) is 3.98. The average molecular weight is 274 g/mol. The molecule has 1 N–H and O–H groups in total. The standard InChI is InChI=1S/C15H18N2O3/c1-9-10-6-7-17(15(18)20-3)8-11-13(19-2)5-4-12(16-9)14(10)11/h4-5,16H,6-8H2,1-3H3. The molecule has 5 heteroatoms. The van der Waals surface area contributed by atoms with Crippen LogP contribution in [-0.4, -0.2) is 36.7 Å². The third kappa shape index (κ3) is 1.81. The summed E-state index contributed by atoms with van der Waals surface area (Å²) < 4.78 is 10.3. The number of nitrogens with one attached hydrogen (secondary N) is 1. The first kappa shape index (κ1) is 12.8. The molecule has 0 aliphatic carbocycles. The number of amides is 1. The smallest absolute Gasteiger partial charge is 0.409 e. The molecule has 1 aliphatic heterocycles. The zero-order valence-corrected chi connectivity index (χ0v) is 11.9. The summed E-state index contributed by atoms with van der Waals surface area (Å²) in [5, 5.41) is 1.19. The minimum absolute atomic E-state index is 0.296. The summed E-state index contributed by atoms with van der Waals surface area (Å²) in [7, 11) is 3.07. The number of hydrogen-bond donors (Lipinski definition) is 1. The molecule has 0 fully saturated rings. The number of benzene rings is 1. The van der Waals surface area contributed by atoms with Crippen LogP contribution >= 0.6 is 0 Å². The van der Waals surface area contributed by atoms with E-state index < -0.39 is 0 Å². The molecule has 1 aromatic heterocycles. The second-order valence-corrected chi connectivity index (χ2v) is 5.04. The number of aromatic amines is 1. The van der Waals surface area contributed by atoms with Crippen molar-refractivity contribution in [3.63, 3.8) is 0 Å². The molecule has 0 spiro atoms. The van der Waals surface area contributed by atoms with E-state index in [1.165, 1.54) is 18.1 Å². The molecular formula is C15H18N2O3. The summed E-state index contributed by atoms with van der Waals surface area (Å²) in [4.78, 5) is 17.0. The lowest BCUT2D eigenvalue weighted by Gasteiger charge is -2.20. The lowest BCUT2D eigenvalue weighted by Crippen LogP contribution is -2.31. The van der Waals surface area contributed by atoms with Crippen molar-refractivity contribution >= 4 is 17.0 Å². The van der Waals surface area contributed by atoms with Gasteiger partial charge in [-0.3, -0.25) is 0 Å². The van der Waals surface area contributed by atoms with Gasteiger partial charge in [0, 0.05) is 28.7 Å². The Hall–Kier alpha value is -2.17. The van der Waals surface area contributed by atoms with E-state index in [1.54, 1.807) is 12.0 Å². The van der Waals surface area contributed by atoms with Gasteiger partial charge in [-0.2, -0.15) is 0 Å². The van der Waals surface area contributed by atoms with Crippen LogP contribution in [0.1, 0.15) is 16.8 Å². The van der Waals surface area contributed by atoms with E-state index in [2.05, 4.69) is 11.9 Å². The van der Waals surface area contributed by atoms with Crippen molar-refractivity contribution in [2.45, 2.75) is 19.9 Å². The molecule has 0 unspecified atom stereocenters. The lowest BCUT2D eigenvalue weighted by molar-refractivity contribution is 0.121. The van der Waals surface area contributed by atoms with E-state index in [4.69, 9.17) is 9.47 Å². The van der Waals surface area contributed by atoms with Crippen LogP contribution in [0.3, 0.4) is 0 Å². The number of nitrogens with zero attached hydrogens (tertiary/aromatic N) is 1. The molecule has 0 saturated heterocycles. The number of H-pyrrole nitrogens is 1. The quantitative estimate of drug-likeness (QED) is 0.869. The molecule has 20 heavy (non-hydrogen) atoms. The Morgan fingerprint density at radius 1 is 1.30 bits per heavy atom. The highest BCUT2D eigenvalue weighted by Gasteiger charge is 2.25. The molecule has 2 aromatic rings. The molecule has 0 bridgehead atoms. The average Bonchev–Trinajstić information content (AvgIpc) is 2.65. The number of hydrogen-bond acceptors (Lipinski definition) is 3. The van der Waals surface area contributed by atoms with Gasteiger partial charge in [-0.15, -0.1) is 0 Å². The summed E-state index contributed by atoms with van der Waals surface area (Å²) in [6.45, 7) is 3.23. The number of aromatic nitrogens is 1. The van der Waals surface area contributed by atoms with Crippen molar-refractivity contribution in [1.82, 2.24) is 9.88 Å². The SMILES string of the molecule is COC(=O)N1CCc2c(C)[nH]c3ccc(OC)c(c23)C1. The van der Waals surface area contributed by atoms with Gasteiger partial charge in [0.15, 0.2) is 0 Å². The van der Waals surface area contributed by atoms with E-state index in [9.17, 15) is 4.79 Å². The summed E-state index contributed by atoms with van der Waals surface area (Å²) >= 11 is 0. The van der Waals surface area contributed by atoms with Gasteiger partial charge in [0.2, 0.25) is 0 Å². The molecule has 3 rings (SSSR count). The van der Waals surface area contributed by atoms with Crippen molar-refractivity contribution in [3.8, 4) is 5.75 Å². The molecule has 106 valence electrons. The highest BCUT2D eigenvalue weighted by Crippen LogP contribution is 2.35.